The van der Waals surface area contributed by atoms with E-state index in [1.807, 2.05) is 18.2 Å². The van der Waals surface area contributed by atoms with Crippen molar-refractivity contribution in [3.05, 3.63) is 23.8 Å². The smallest absolute Gasteiger partial charge is 0.307 e. The van der Waals surface area contributed by atoms with E-state index in [0.29, 0.717) is 12.3 Å². The molecule has 0 aromatic heterocycles. The maximum Gasteiger partial charge on any atom is 0.307 e. The van der Waals surface area contributed by atoms with Crippen molar-refractivity contribution in [2.75, 3.05) is 20.8 Å². The van der Waals surface area contributed by atoms with Crippen molar-refractivity contribution in [3.63, 3.8) is 0 Å². The molecule has 1 aromatic carbocycles. The molecule has 0 spiro atoms. The number of aliphatic carboxylic acids is 1. The van der Waals surface area contributed by atoms with Crippen LogP contribution < -0.4 is 15.2 Å². The fourth-order valence-corrected chi connectivity index (χ4v) is 2.93. The van der Waals surface area contributed by atoms with Gasteiger partial charge in [-0.15, -0.1) is 0 Å². The standard InChI is InChI=1S/C18H29NO4/c1-4-13(11-14(12-19)18(20)21)7-5-8-15-16(22-2)9-6-10-17(15)23-3/h6,9-10,13-14H,4-5,7-8,11-12,19H2,1-3H3,(H,20,21). The molecule has 1 aromatic rings. The third-order valence-corrected chi connectivity index (χ3v) is 4.40. The zero-order chi connectivity index (χ0) is 17.2. The number of hydrogen-bond donors (Lipinski definition) is 2. The second kappa shape index (κ2) is 10.1. The van der Waals surface area contributed by atoms with E-state index in [2.05, 4.69) is 6.92 Å². The Balaban J connectivity index is 2.62. The Kier molecular flexibility index (Phi) is 8.48. The lowest BCUT2D eigenvalue weighted by Crippen LogP contribution is -2.25. The first kappa shape index (κ1) is 19.3. The normalized spacial score (nSPS) is 13.4. The van der Waals surface area contributed by atoms with E-state index in [9.17, 15) is 4.79 Å². The Morgan fingerprint density at radius 1 is 1.26 bits per heavy atom. The highest BCUT2D eigenvalue weighted by Gasteiger charge is 2.20. The van der Waals surface area contributed by atoms with Crippen LogP contribution in [0.15, 0.2) is 18.2 Å². The zero-order valence-electron chi connectivity index (χ0n) is 14.4. The van der Waals surface area contributed by atoms with E-state index in [-0.39, 0.29) is 6.54 Å². The van der Waals surface area contributed by atoms with Crippen molar-refractivity contribution in [3.8, 4) is 11.5 Å². The molecule has 0 bridgehead atoms. The summed E-state index contributed by atoms with van der Waals surface area (Å²) in [6.45, 7) is 2.30. The Hall–Kier alpha value is -1.75. The molecule has 0 aliphatic rings. The van der Waals surface area contributed by atoms with E-state index in [1.165, 1.54) is 0 Å². The first-order valence-electron chi connectivity index (χ1n) is 8.20. The minimum absolute atomic E-state index is 0.201. The Morgan fingerprint density at radius 3 is 2.30 bits per heavy atom. The molecule has 130 valence electrons. The van der Waals surface area contributed by atoms with E-state index in [4.69, 9.17) is 20.3 Å². The molecule has 0 radical (unpaired) electrons. The van der Waals surface area contributed by atoms with Gasteiger partial charge in [0.2, 0.25) is 0 Å². The zero-order valence-corrected chi connectivity index (χ0v) is 14.4. The van der Waals surface area contributed by atoms with Crippen molar-refractivity contribution >= 4 is 5.97 Å². The van der Waals surface area contributed by atoms with E-state index in [0.717, 1.165) is 42.7 Å². The fourth-order valence-electron chi connectivity index (χ4n) is 2.93. The maximum absolute atomic E-state index is 11.1. The van der Waals surface area contributed by atoms with Gasteiger partial charge in [0.25, 0.3) is 0 Å². The summed E-state index contributed by atoms with van der Waals surface area (Å²) in [6, 6.07) is 5.78. The minimum atomic E-state index is -0.794. The van der Waals surface area contributed by atoms with Crippen molar-refractivity contribution in [1.82, 2.24) is 0 Å². The largest absolute Gasteiger partial charge is 0.496 e. The third-order valence-electron chi connectivity index (χ3n) is 4.40. The summed E-state index contributed by atoms with van der Waals surface area (Å²) in [7, 11) is 3.32. The Bertz CT molecular complexity index is 468. The summed E-state index contributed by atoms with van der Waals surface area (Å²) >= 11 is 0. The topological polar surface area (TPSA) is 81.8 Å². The van der Waals surface area contributed by atoms with E-state index in [1.54, 1.807) is 14.2 Å². The van der Waals surface area contributed by atoms with Crippen LogP contribution in [-0.4, -0.2) is 31.8 Å². The molecule has 5 nitrogen and oxygen atoms in total. The number of methoxy groups -OCH3 is 2. The van der Waals surface area contributed by atoms with Gasteiger partial charge in [-0.25, -0.2) is 0 Å². The fraction of sp³-hybridized carbons (Fsp3) is 0.611. The van der Waals surface area contributed by atoms with Gasteiger partial charge in [0.05, 0.1) is 20.1 Å². The first-order chi connectivity index (χ1) is 11.1. The van der Waals surface area contributed by atoms with Gasteiger partial charge in [0, 0.05) is 12.1 Å². The average Bonchev–Trinajstić information content (AvgIpc) is 2.57. The summed E-state index contributed by atoms with van der Waals surface area (Å²) < 4.78 is 10.8. The average molecular weight is 323 g/mol. The van der Waals surface area contributed by atoms with Gasteiger partial charge < -0.3 is 20.3 Å². The van der Waals surface area contributed by atoms with Crippen LogP contribution in [0.5, 0.6) is 11.5 Å². The molecule has 0 aliphatic heterocycles. The van der Waals surface area contributed by atoms with Crippen molar-refractivity contribution in [2.24, 2.45) is 17.6 Å². The van der Waals surface area contributed by atoms with Crippen LogP contribution in [0.25, 0.3) is 0 Å². The van der Waals surface area contributed by atoms with E-state index < -0.39 is 11.9 Å². The van der Waals surface area contributed by atoms with Crippen LogP contribution in [0.2, 0.25) is 0 Å². The van der Waals surface area contributed by atoms with Crippen LogP contribution in [0.3, 0.4) is 0 Å². The van der Waals surface area contributed by atoms with Gasteiger partial charge in [-0.05, 0) is 37.3 Å². The predicted octanol–water partition coefficient (Wildman–Crippen LogP) is 3.10. The van der Waals surface area contributed by atoms with Crippen molar-refractivity contribution < 1.29 is 19.4 Å². The summed E-state index contributed by atoms with van der Waals surface area (Å²) in [5.74, 6) is 0.809. The first-order valence-corrected chi connectivity index (χ1v) is 8.20. The molecular formula is C18H29NO4. The van der Waals surface area contributed by atoms with Gasteiger partial charge in [-0.2, -0.15) is 0 Å². The highest BCUT2D eigenvalue weighted by Crippen LogP contribution is 2.31. The molecule has 23 heavy (non-hydrogen) atoms. The number of ether oxygens (including phenoxy) is 2. The number of carbonyl (C=O) groups is 1. The quantitative estimate of drug-likeness (QED) is 0.654. The van der Waals surface area contributed by atoms with Crippen LogP contribution in [0, 0.1) is 11.8 Å². The number of carboxylic acid groups (broad SMARTS) is 1. The van der Waals surface area contributed by atoms with Gasteiger partial charge in [-0.1, -0.05) is 25.8 Å². The number of benzene rings is 1. The molecule has 0 saturated heterocycles. The summed E-state index contributed by atoms with van der Waals surface area (Å²) in [5, 5.41) is 9.14. The minimum Gasteiger partial charge on any atom is -0.496 e. The lowest BCUT2D eigenvalue weighted by molar-refractivity contribution is -0.142. The molecule has 5 heteroatoms. The lowest BCUT2D eigenvalue weighted by Gasteiger charge is -2.19. The summed E-state index contributed by atoms with van der Waals surface area (Å²) in [4.78, 5) is 11.1. The second-order valence-electron chi connectivity index (χ2n) is 5.81. The van der Waals surface area contributed by atoms with Crippen LogP contribution in [0.4, 0.5) is 0 Å². The van der Waals surface area contributed by atoms with Crippen LogP contribution in [0.1, 0.15) is 38.2 Å². The highest BCUT2D eigenvalue weighted by atomic mass is 16.5. The molecule has 0 saturated carbocycles. The van der Waals surface area contributed by atoms with Crippen molar-refractivity contribution in [2.45, 2.75) is 39.0 Å². The molecule has 2 unspecified atom stereocenters. The monoisotopic (exact) mass is 323 g/mol. The van der Waals surface area contributed by atoms with Crippen molar-refractivity contribution in [1.29, 1.82) is 0 Å². The number of rotatable bonds is 11. The summed E-state index contributed by atoms with van der Waals surface area (Å²) in [5.41, 5.74) is 6.63. The molecule has 0 fully saturated rings. The molecule has 2 atom stereocenters. The number of carboxylic acids is 1. The lowest BCUT2D eigenvalue weighted by atomic mass is 9.88. The predicted molar refractivity (Wildman–Crippen MR) is 91.1 cm³/mol. The van der Waals surface area contributed by atoms with Gasteiger partial charge >= 0.3 is 5.97 Å². The number of hydrogen-bond acceptors (Lipinski definition) is 4. The maximum atomic E-state index is 11.1. The SMILES string of the molecule is CCC(CCCc1c(OC)cccc1OC)CC(CN)C(=O)O. The molecule has 0 aliphatic carbocycles. The van der Waals surface area contributed by atoms with Gasteiger partial charge in [0.15, 0.2) is 0 Å². The Labute approximate surface area is 138 Å². The third kappa shape index (κ3) is 5.75. The van der Waals surface area contributed by atoms with Gasteiger partial charge in [0.1, 0.15) is 11.5 Å². The second-order valence-corrected chi connectivity index (χ2v) is 5.81. The Morgan fingerprint density at radius 2 is 1.87 bits per heavy atom. The van der Waals surface area contributed by atoms with Crippen LogP contribution in [-0.2, 0) is 11.2 Å². The molecule has 0 heterocycles. The molecule has 3 N–H and O–H groups in total. The van der Waals surface area contributed by atoms with Gasteiger partial charge in [-0.3, -0.25) is 4.79 Å². The molecular weight excluding hydrogens is 294 g/mol. The number of nitrogens with two attached hydrogens (primary N) is 1. The molecule has 0 amide bonds. The molecule has 1 rings (SSSR count). The summed E-state index contributed by atoms with van der Waals surface area (Å²) in [6.07, 6.45) is 4.40. The highest BCUT2D eigenvalue weighted by molar-refractivity contribution is 5.70. The van der Waals surface area contributed by atoms with E-state index >= 15 is 0 Å². The van der Waals surface area contributed by atoms with Crippen LogP contribution >= 0.6 is 0 Å².